The Balaban J connectivity index is 1.82. The number of rotatable bonds is 4. The first-order chi connectivity index (χ1) is 12.3. The number of ether oxygens (including phenoxy) is 1. The normalized spacial score (nSPS) is 24.4. The van der Waals surface area contributed by atoms with Crippen LogP contribution in [0.25, 0.3) is 0 Å². The number of benzene rings is 1. The van der Waals surface area contributed by atoms with Gasteiger partial charge in [-0.1, -0.05) is 47.7 Å². The van der Waals surface area contributed by atoms with Gasteiger partial charge in [-0.15, -0.1) is 0 Å². The zero-order valence-corrected chi connectivity index (χ0v) is 15.9. The van der Waals surface area contributed by atoms with E-state index in [0.29, 0.717) is 9.99 Å². The summed E-state index contributed by atoms with van der Waals surface area (Å²) in [6.07, 6.45) is -1.20. The molecule has 1 aliphatic rings. The molecule has 0 aliphatic carbocycles. The highest BCUT2D eigenvalue weighted by Crippen LogP contribution is 2.46. The van der Waals surface area contributed by atoms with Gasteiger partial charge in [-0.3, -0.25) is 9.36 Å². The minimum atomic E-state index is -3.20. The molecular formula is C17H16F2IN3O3. The second kappa shape index (κ2) is 7.39. The van der Waals surface area contributed by atoms with E-state index in [2.05, 4.69) is 10.3 Å². The smallest absolute Gasteiger partial charge is 0.347 e. The average Bonchev–Trinajstić information content (AvgIpc) is 2.85. The molecule has 1 fully saturated rings. The van der Waals surface area contributed by atoms with Gasteiger partial charge in [0.05, 0.1) is 12.0 Å². The molecule has 9 heteroatoms. The summed E-state index contributed by atoms with van der Waals surface area (Å²) < 4.78 is 35.4. The number of carbonyl (C=O) groups is 1. The molecule has 0 spiro atoms. The van der Waals surface area contributed by atoms with Crippen molar-refractivity contribution in [3.63, 3.8) is 0 Å². The molecule has 1 aliphatic heterocycles. The molecule has 1 aromatic carbocycles. The van der Waals surface area contributed by atoms with E-state index in [9.17, 15) is 18.4 Å². The van der Waals surface area contributed by atoms with E-state index in [1.54, 1.807) is 30.3 Å². The molecular weight excluding hydrogens is 459 g/mol. The first-order valence-electron chi connectivity index (χ1n) is 7.89. The quantitative estimate of drug-likeness (QED) is 0.545. The molecule has 0 unspecified atom stereocenters. The van der Waals surface area contributed by atoms with Crippen LogP contribution >= 0.6 is 22.6 Å². The fraction of sp³-hybridized carbons (Fsp3) is 0.353. The monoisotopic (exact) mass is 475 g/mol. The average molecular weight is 475 g/mol. The number of alkyl halides is 3. The molecule has 2 heterocycles. The number of hydrogen-bond donors (Lipinski definition) is 1. The van der Waals surface area contributed by atoms with Gasteiger partial charge in [0.25, 0.3) is 11.8 Å². The Morgan fingerprint density at radius 2 is 2.04 bits per heavy atom. The molecule has 26 heavy (non-hydrogen) atoms. The number of nitrogens with one attached hydrogen (secondary N) is 1. The summed E-state index contributed by atoms with van der Waals surface area (Å²) in [6.45, 7) is 1.40. The first-order valence-corrected chi connectivity index (χ1v) is 9.42. The van der Waals surface area contributed by atoms with E-state index in [-0.39, 0.29) is 5.82 Å². The van der Waals surface area contributed by atoms with Crippen LogP contribution in [0.1, 0.15) is 23.5 Å². The third-order valence-corrected chi connectivity index (χ3v) is 5.18. The van der Waals surface area contributed by atoms with Crippen LogP contribution < -0.4 is 11.0 Å². The van der Waals surface area contributed by atoms with Crippen molar-refractivity contribution in [2.24, 2.45) is 5.92 Å². The lowest BCUT2D eigenvalue weighted by molar-refractivity contribution is -0.124. The number of nitrogens with zero attached hydrogens (tertiary/aromatic N) is 2. The summed E-state index contributed by atoms with van der Waals surface area (Å²) in [5.41, 5.74) is -0.523. The molecule has 1 aromatic heterocycles. The highest BCUT2D eigenvalue weighted by Gasteiger charge is 2.57. The maximum atomic E-state index is 14.5. The second-order valence-electron chi connectivity index (χ2n) is 5.97. The minimum Gasteiger partial charge on any atom is -0.347 e. The number of amides is 1. The van der Waals surface area contributed by atoms with E-state index >= 15 is 0 Å². The molecule has 0 bridgehead atoms. The van der Waals surface area contributed by atoms with Crippen molar-refractivity contribution < 1.29 is 18.3 Å². The van der Waals surface area contributed by atoms with Gasteiger partial charge in [0.1, 0.15) is 5.82 Å². The zero-order valence-electron chi connectivity index (χ0n) is 13.7. The zero-order chi connectivity index (χ0) is 18.9. The van der Waals surface area contributed by atoms with Gasteiger partial charge in [0, 0.05) is 16.2 Å². The van der Waals surface area contributed by atoms with E-state index in [4.69, 9.17) is 4.74 Å². The second-order valence-corrected chi connectivity index (χ2v) is 6.85. The van der Waals surface area contributed by atoms with Crippen LogP contribution in [-0.2, 0) is 4.74 Å². The van der Waals surface area contributed by atoms with E-state index in [0.717, 1.165) is 10.8 Å². The maximum absolute atomic E-state index is 14.5. The highest BCUT2D eigenvalue weighted by molar-refractivity contribution is 14.1. The van der Waals surface area contributed by atoms with Crippen molar-refractivity contribution in [2.75, 3.05) is 9.74 Å². The van der Waals surface area contributed by atoms with Crippen molar-refractivity contribution >= 4 is 34.3 Å². The van der Waals surface area contributed by atoms with Gasteiger partial charge in [-0.2, -0.15) is 4.98 Å². The van der Waals surface area contributed by atoms with Crippen LogP contribution in [0.4, 0.5) is 14.6 Å². The van der Waals surface area contributed by atoms with Crippen molar-refractivity contribution in [1.82, 2.24) is 9.55 Å². The summed E-state index contributed by atoms with van der Waals surface area (Å²) in [5.74, 6) is -4.68. The Morgan fingerprint density at radius 1 is 1.35 bits per heavy atom. The molecule has 1 amide bonds. The predicted octanol–water partition coefficient (Wildman–Crippen LogP) is 3.10. The number of halogens is 3. The lowest BCUT2D eigenvalue weighted by Gasteiger charge is -2.21. The third-order valence-electron chi connectivity index (χ3n) is 4.31. The van der Waals surface area contributed by atoms with Crippen LogP contribution in [0.15, 0.2) is 47.4 Å². The molecule has 1 N–H and O–H groups in total. The molecule has 0 saturated carbocycles. The number of carbonyl (C=O) groups excluding carboxylic acids is 1. The van der Waals surface area contributed by atoms with Gasteiger partial charge < -0.3 is 10.1 Å². The van der Waals surface area contributed by atoms with Crippen LogP contribution in [0, 0.1) is 5.92 Å². The summed E-state index contributed by atoms with van der Waals surface area (Å²) in [7, 11) is 0. The number of aromatic nitrogens is 2. The SMILES string of the molecule is C[C@@H]1[C@@H](CI)O[C@@H](n2ccc(NC(=O)c3ccccc3)nc2=O)C1(F)F. The molecule has 2 aromatic rings. The van der Waals surface area contributed by atoms with Crippen LogP contribution in [0.3, 0.4) is 0 Å². The fourth-order valence-corrected chi connectivity index (χ4v) is 3.68. The van der Waals surface area contributed by atoms with Crippen molar-refractivity contribution in [1.29, 1.82) is 0 Å². The third kappa shape index (κ3) is 3.50. The Hall–Kier alpha value is -1.88. The molecule has 3 rings (SSSR count). The number of hydrogen-bond acceptors (Lipinski definition) is 4. The fourth-order valence-electron chi connectivity index (χ4n) is 2.71. The van der Waals surface area contributed by atoms with Gasteiger partial charge >= 0.3 is 5.69 Å². The van der Waals surface area contributed by atoms with Crippen molar-refractivity contribution in [3.05, 3.63) is 58.6 Å². The molecule has 6 nitrogen and oxygen atoms in total. The van der Waals surface area contributed by atoms with Crippen LogP contribution in [-0.4, -0.2) is 31.9 Å². The summed E-state index contributed by atoms with van der Waals surface area (Å²) in [5, 5.41) is 2.47. The minimum absolute atomic E-state index is 0.0140. The Bertz CT molecular complexity index is 860. The first kappa shape index (κ1) is 18.9. The predicted molar refractivity (Wildman–Crippen MR) is 99.8 cm³/mol. The van der Waals surface area contributed by atoms with Crippen LogP contribution in [0.5, 0.6) is 0 Å². The molecule has 0 radical (unpaired) electrons. The topological polar surface area (TPSA) is 73.2 Å². The summed E-state index contributed by atoms with van der Waals surface area (Å²) in [4.78, 5) is 28.0. The van der Waals surface area contributed by atoms with Gasteiger partial charge in [-0.05, 0) is 18.2 Å². The van der Waals surface area contributed by atoms with Gasteiger partial charge in [-0.25, -0.2) is 13.6 Å². The van der Waals surface area contributed by atoms with E-state index in [1.807, 2.05) is 22.6 Å². The largest absolute Gasteiger partial charge is 0.351 e. The van der Waals surface area contributed by atoms with E-state index < -0.39 is 35.8 Å². The maximum Gasteiger partial charge on any atom is 0.351 e. The van der Waals surface area contributed by atoms with Crippen molar-refractivity contribution in [3.8, 4) is 0 Å². The Morgan fingerprint density at radius 3 is 2.62 bits per heavy atom. The Labute approximate surface area is 161 Å². The standard InChI is InChI=1S/C17H16F2IN3O3/c1-10-12(9-20)26-15(17(10,18)19)23-8-7-13(22-16(23)25)21-14(24)11-5-3-2-4-6-11/h2-8,10,12,15H,9H2,1H3,(H,21,22,24,25)/t10-,12-,15-/m1/s1. The molecule has 3 atom stereocenters. The van der Waals surface area contributed by atoms with E-state index in [1.165, 1.54) is 13.0 Å². The highest BCUT2D eigenvalue weighted by atomic mass is 127. The lowest BCUT2D eigenvalue weighted by atomic mass is 10.0. The lowest BCUT2D eigenvalue weighted by Crippen LogP contribution is -2.37. The summed E-state index contributed by atoms with van der Waals surface area (Å²) >= 11 is 1.97. The Kier molecular flexibility index (Phi) is 5.37. The number of anilines is 1. The van der Waals surface area contributed by atoms with Crippen LogP contribution in [0.2, 0.25) is 0 Å². The van der Waals surface area contributed by atoms with Gasteiger partial charge in [0.2, 0.25) is 6.23 Å². The summed E-state index contributed by atoms with van der Waals surface area (Å²) in [6, 6.07) is 9.67. The van der Waals surface area contributed by atoms with Gasteiger partial charge in [0.15, 0.2) is 0 Å². The molecule has 138 valence electrons. The molecule has 1 saturated heterocycles. The van der Waals surface area contributed by atoms with Crippen molar-refractivity contribution in [2.45, 2.75) is 25.2 Å².